The van der Waals surface area contributed by atoms with Crippen molar-refractivity contribution in [3.8, 4) is 5.75 Å². The number of rotatable bonds is 7. The van der Waals surface area contributed by atoms with Gasteiger partial charge in [-0.05, 0) is 43.2 Å². The van der Waals surface area contributed by atoms with E-state index in [1.54, 1.807) is 54.3 Å². The summed E-state index contributed by atoms with van der Waals surface area (Å²) in [5, 5.41) is 3.45. The first-order valence-corrected chi connectivity index (χ1v) is 12.2. The Balaban J connectivity index is 1.65. The zero-order valence-corrected chi connectivity index (χ0v) is 19.6. The van der Waals surface area contributed by atoms with E-state index >= 15 is 0 Å². The molecule has 4 aromatic rings. The fourth-order valence-electron chi connectivity index (χ4n) is 3.89. The van der Waals surface area contributed by atoms with E-state index in [-0.39, 0.29) is 23.1 Å². The monoisotopic (exact) mass is 462 g/mol. The molecule has 0 saturated heterocycles. The van der Waals surface area contributed by atoms with Crippen LogP contribution in [-0.2, 0) is 26.9 Å². The highest BCUT2D eigenvalue weighted by Gasteiger charge is 2.23. The Morgan fingerprint density at radius 1 is 1.00 bits per heavy atom. The number of aryl methyl sites for hydroxylation is 2. The molecule has 3 aromatic carbocycles. The maximum absolute atomic E-state index is 13.4. The van der Waals surface area contributed by atoms with Gasteiger partial charge in [-0.3, -0.25) is 4.79 Å². The number of ether oxygens (including phenoxy) is 1. The molecule has 4 rings (SSSR count). The number of nitrogens with one attached hydrogen (secondary N) is 1. The topological polar surface area (TPSA) is 77.4 Å². The second kappa shape index (κ2) is 9.11. The molecule has 0 radical (unpaired) electrons. The number of fused-ring (bicyclic) bond motifs is 1. The quantitative estimate of drug-likeness (QED) is 0.425. The molecule has 1 heterocycles. The molecular weight excluding hydrogens is 436 g/mol. The summed E-state index contributed by atoms with van der Waals surface area (Å²) in [5.74, 6) is 0.284. The van der Waals surface area contributed by atoms with E-state index in [2.05, 4.69) is 5.32 Å². The Labute approximate surface area is 193 Å². The predicted molar refractivity (Wildman–Crippen MR) is 130 cm³/mol. The van der Waals surface area contributed by atoms with E-state index in [4.69, 9.17) is 4.74 Å². The molecule has 0 unspecified atom stereocenters. The average Bonchev–Trinajstić information content (AvgIpc) is 3.15. The lowest BCUT2D eigenvalue weighted by atomic mass is 10.1. The molecule has 0 aliphatic rings. The van der Waals surface area contributed by atoms with Gasteiger partial charge in [0.2, 0.25) is 5.91 Å². The molecule has 0 atom stereocenters. The van der Waals surface area contributed by atoms with Crippen molar-refractivity contribution in [2.24, 2.45) is 0 Å². The third kappa shape index (κ3) is 4.93. The van der Waals surface area contributed by atoms with Crippen LogP contribution in [0.3, 0.4) is 0 Å². The number of benzene rings is 3. The van der Waals surface area contributed by atoms with Crippen molar-refractivity contribution in [1.82, 2.24) is 4.57 Å². The normalized spacial score (nSPS) is 11.5. The number of anilines is 1. The number of hydrogen-bond donors (Lipinski definition) is 1. The number of sulfone groups is 1. The van der Waals surface area contributed by atoms with Crippen LogP contribution in [0.25, 0.3) is 10.9 Å². The van der Waals surface area contributed by atoms with Gasteiger partial charge >= 0.3 is 0 Å². The van der Waals surface area contributed by atoms with Crippen LogP contribution in [0.5, 0.6) is 5.75 Å². The van der Waals surface area contributed by atoms with Crippen molar-refractivity contribution < 1.29 is 17.9 Å². The summed E-state index contributed by atoms with van der Waals surface area (Å²) in [7, 11) is -2.07. The van der Waals surface area contributed by atoms with Gasteiger partial charge in [0.25, 0.3) is 0 Å². The van der Waals surface area contributed by atoms with Crippen LogP contribution < -0.4 is 10.1 Å². The van der Waals surface area contributed by atoms with E-state index in [0.29, 0.717) is 22.3 Å². The molecule has 1 amide bonds. The lowest BCUT2D eigenvalue weighted by Gasteiger charge is -2.09. The van der Waals surface area contributed by atoms with E-state index in [0.717, 1.165) is 16.7 Å². The fourth-order valence-corrected chi connectivity index (χ4v) is 5.56. The zero-order valence-electron chi connectivity index (χ0n) is 18.8. The highest BCUT2D eigenvalue weighted by atomic mass is 32.2. The van der Waals surface area contributed by atoms with Crippen LogP contribution in [0.4, 0.5) is 5.69 Å². The number of nitrogens with zero attached hydrogens (tertiary/aromatic N) is 1. The molecule has 6 nitrogen and oxygen atoms in total. The minimum Gasteiger partial charge on any atom is -0.497 e. The number of para-hydroxylation sites is 1. The molecule has 170 valence electrons. The van der Waals surface area contributed by atoms with Gasteiger partial charge in [0.1, 0.15) is 12.3 Å². The van der Waals surface area contributed by atoms with Crippen molar-refractivity contribution in [3.05, 3.63) is 89.6 Å². The molecule has 0 aliphatic carbocycles. The fraction of sp³-hybridized carbons (Fsp3) is 0.192. The van der Waals surface area contributed by atoms with Gasteiger partial charge < -0.3 is 14.6 Å². The van der Waals surface area contributed by atoms with Gasteiger partial charge in [-0.15, -0.1) is 0 Å². The standard InChI is InChI=1S/C26H26N2O4S/c1-18-11-12-19(2)20(13-18)17-33(30,31)25-15-28(24-10-5-4-9-23(24)25)16-26(29)27-21-7-6-8-22(14-21)32-3/h4-15H,16-17H2,1-3H3,(H,27,29). The van der Waals surface area contributed by atoms with E-state index < -0.39 is 9.84 Å². The Bertz CT molecular complexity index is 1440. The first-order chi connectivity index (χ1) is 15.8. The van der Waals surface area contributed by atoms with Crippen molar-refractivity contribution >= 4 is 32.3 Å². The van der Waals surface area contributed by atoms with E-state index in [1.165, 1.54) is 0 Å². The lowest BCUT2D eigenvalue weighted by molar-refractivity contribution is -0.116. The van der Waals surface area contributed by atoms with Crippen molar-refractivity contribution in [3.63, 3.8) is 0 Å². The van der Waals surface area contributed by atoms with Crippen LogP contribution in [0.15, 0.2) is 77.8 Å². The van der Waals surface area contributed by atoms with Crippen LogP contribution in [0.1, 0.15) is 16.7 Å². The minimum atomic E-state index is -3.63. The molecular formula is C26H26N2O4S. The Hall–Kier alpha value is -3.58. The molecule has 1 N–H and O–H groups in total. The summed E-state index contributed by atoms with van der Waals surface area (Å²) < 4.78 is 33.7. The molecule has 0 saturated carbocycles. The lowest BCUT2D eigenvalue weighted by Crippen LogP contribution is -2.18. The van der Waals surface area contributed by atoms with Gasteiger partial charge in [0.05, 0.1) is 17.8 Å². The SMILES string of the molecule is COc1cccc(NC(=O)Cn2cc(S(=O)(=O)Cc3cc(C)ccc3C)c3ccccc32)c1. The zero-order chi connectivity index (χ0) is 23.6. The first-order valence-electron chi connectivity index (χ1n) is 10.6. The van der Waals surface area contributed by atoms with Crippen molar-refractivity contribution in [2.45, 2.75) is 31.0 Å². The molecule has 1 aromatic heterocycles. The third-order valence-corrected chi connectivity index (χ3v) is 7.29. The highest BCUT2D eigenvalue weighted by Crippen LogP contribution is 2.29. The molecule has 0 fully saturated rings. The molecule has 0 spiro atoms. The molecule has 7 heteroatoms. The smallest absolute Gasteiger partial charge is 0.244 e. The Morgan fingerprint density at radius 2 is 1.79 bits per heavy atom. The maximum Gasteiger partial charge on any atom is 0.244 e. The third-order valence-electron chi connectivity index (χ3n) is 5.60. The molecule has 0 aliphatic heterocycles. The molecule has 0 bridgehead atoms. The summed E-state index contributed by atoms with van der Waals surface area (Å²) >= 11 is 0. The minimum absolute atomic E-state index is 0.0171. The Morgan fingerprint density at radius 3 is 2.58 bits per heavy atom. The number of hydrogen-bond acceptors (Lipinski definition) is 4. The predicted octanol–water partition coefficient (Wildman–Crippen LogP) is 4.88. The van der Waals surface area contributed by atoms with Crippen LogP contribution in [-0.4, -0.2) is 26.0 Å². The van der Waals surface area contributed by atoms with Crippen molar-refractivity contribution in [2.75, 3.05) is 12.4 Å². The maximum atomic E-state index is 13.4. The van der Waals surface area contributed by atoms with Gasteiger partial charge in [0, 0.05) is 28.9 Å². The number of carbonyl (C=O) groups excluding carboxylic acids is 1. The van der Waals surface area contributed by atoms with Crippen LogP contribution in [0, 0.1) is 13.8 Å². The second-order valence-electron chi connectivity index (χ2n) is 8.11. The Kier molecular flexibility index (Phi) is 6.24. The summed E-state index contributed by atoms with van der Waals surface area (Å²) in [6.45, 7) is 3.84. The van der Waals surface area contributed by atoms with Crippen LogP contribution in [0.2, 0.25) is 0 Å². The largest absolute Gasteiger partial charge is 0.497 e. The van der Waals surface area contributed by atoms with Gasteiger partial charge in [-0.1, -0.05) is 48.0 Å². The first kappa shape index (κ1) is 22.6. The van der Waals surface area contributed by atoms with Crippen LogP contribution >= 0.6 is 0 Å². The van der Waals surface area contributed by atoms with Gasteiger partial charge in [0.15, 0.2) is 9.84 Å². The summed E-state index contributed by atoms with van der Waals surface area (Å²) in [6.07, 6.45) is 1.57. The molecule has 33 heavy (non-hydrogen) atoms. The van der Waals surface area contributed by atoms with Gasteiger partial charge in [-0.25, -0.2) is 8.42 Å². The highest BCUT2D eigenvalue weighted by molar-refractivity contribution is 7.90. The number of aromatic nitrogens is 1. The van der Waals surface area contributed by atoms with Crippen molar-refractivity contribution in [1.29, 1.82) is 0 Å². The number of methoxy groups -OCH3 is 1. The summed E-state index contributed by atoms with van der Waals surface area (Å²) in [4.78, 5) is 13.0. The summed E-state index contributed by atoms with van der Waals surface area (Å²) in [6, 6.07) is 20.1. The van der Waals surface area contributed by atoms with E-state index in [1.807, 2.05) is 44.2 Å². The number of amides is 1. The second-order valence-corrected chi connectivity index (χ2v) is 10.1. The number of carbonyl (C=O) groups is 1. The van der Waals surface area contributed by atoms with E-state index in [9.17, 15) is 13.2 Å². The summed E-state index contributed by atoms with van der Waals surface area (Å²) in [5.41, 5.74) is 4.03. The average molecular weight is 463 g/mol. The van der Waals surface area contributed by atoms with Gasteiger partial charge in [-0.2, -0.15) is 0 Å².